The van der Waals surface area contributed by atoms with Gasteiger partial charge in [0.25, 0.3) is 0 Å². The highest BCUT2D eigenvalue weighted by molar-refractivity contribution is 6.83. The lowest BCUT2D eigenvalue weighted by Crippen LogP contribution is -2.62. The summed E-state index contributed by atoms with van der Waals surface area (Å²) in [5, 5.41) is 10.2. The molecule has 196 valence electrons. The van der Waals surface area contributed by atoms with E-state index in [9.17, 15) is 14.7 Å². The van der Waals surface area contributed by atoms with Gasteiger partial charge in [-0.15, -0.1) is 0 Å². The molecule has 0 aromatic carbocycles. The molecule has 4 N–H and O–H groups in total. The molecular formula is C23H45N3O6Si2. The Kier molecular flexibility index (Phi) is 8.99. The summed E-state index contributed by atoms with van der Waals surface area (Å²) in [6, 6.07) is 1.55. The molecule has 3 unspecified atom stereocenters. The molecule has 1 saturated heterocycles. The van der Waals surface area contributed by atoms with Gasteiger partial charge in [0.1, 0.15) is 18.1 Å². The summed E-state index contributed by atoms with van der Waals surface area (Å²) >= 11 is 0. The fourth-order valence-corrected chi connectivity index (χ4v) is 15.1. The van der Waals surface area contributed by atoms with Gasteiger partial charge in [-0.25, -0.2) is 4.79 Å². The van der Waals surface area contributed by atoms with Crippen LogP contribution in [0.15, 0.2) is 17.1 Å². The summed E-state index contributed by atoms with van der Waals surface area (Å²) in [7, 11) is -6.24. The highest BCUT2D eigenvalue weighted by Gasteiger charge is 2.60. The predicted molar refractivity (Wildman–Crippen MR) is 138 cm³/mol. The van der Waals surface area contributed by atoms with Crippen LogP contribution >= 0.6 is 0 Å². The van der Waals surface area contributed by atoms with Crippen molar-refractivity contribution in [1.82, 2.24) is 9.55 Å². The molecule has 0 aliphatic carbocycles. The first-order chi connectivity index (χ1) is 15.5. The van der Waals surface area contributed by atoms with E-state index in [0.717, 1.165) is 0 Å². The van der Waals surface area contributed by atoms with E-state index >= 15 is 0 Å². The zero-order chi connectivity index (χ0) is 26.2. The molecule has 2 rings (SSSR count). The number of aliphatic hydroxyl groups excluding tert-OH is 1. The summed E-state index contributed by atoms with van der Waals surface area (Å²) in [4.78, 5) is 28.2. The van der Waals surface area contributed by atoms with E-state index in [-0.39, 0.29) is 34.6 Å². The molecule has 1 aliphatic rings. The lowest BCUT2D eigenvalue weighted by molar-refractivity contribution is -0.0532. The van der Waals surface area contributed by atoms with Crippen LogP contribution in [0.3, 0.4) is 0 Å². The maximum Gasteiger partial charge on any atom is 0.351 e. The lowest BCUT2D eigenvalue weighted by atomic mass is 9.84. The van der Waals surface area contributed by atoms with Gasteiger partial charge in [0, 0.05) is 11.6 Å². The lowest BCUT2D eigenvalue weighted by Gasteiger charge is -2.48. The smallest absolute Gasteiger partial charge is 0.351 e. The van der Waals surface area contributed by atoms with E-state index < -0.39 is 46.7 Å². The third-order valence-corrected chi connectivity index (χ3v) is 16.9. The van der Waals surface area contributed by atoms with Crippen molar-refractivity contribution in [3.8, 4) is 0 Å². The van der Waals surface area contributed by atoms with Crippen molar-refractivity contribution in [1.29, 1.82) is 0 Å². The number of nitrogens with two attached hydrogens (primary N) is 1. The van der Waals surface area contributed by atoms with Crippen molar-refractivity contribution in [2.75, 3.05) is 12.3 Å². The molecule has 0 spiro atoms. The molecule has 2 heterocycles. The summed E-state index contributed by atoms with van der Waals surface area (Å²) in [6.07, 6.45) is -0.401. The number of aliphatic hydroxyl groups is 1. The third kappa shape index (κ3) is 5.20. The predicted octanol–water partition coefficient (Wildman–Crippen LogP) is 3.66. The van der Waals surface area contributed by atoms with Crippen molar-refractivity contribution in [3.05, 3.63) is 22.7 Å². The summed E-state index contributed by atoms with van der Waals surface area (Å²) in [6.45, 7) is 19.9. The maximum atomic E-state index is 12.6. The Balaban J connectivity index is 2.57. The van der Waals surface area contributed by atoms with Gasteiger partial charge < -0.3 is 28.9 Å². The average molecular weight is 516 g/mol. The molecule has 0 bridgehead atoms. The van der Waals surface area contributed by atoms with Crippen molar-refractivity contribution >= 4 is 22.9 Å². The zero-order valence-electron chi connectivity index (χ0n) is 22.4. The van der Waals surface area contributed by atoms with E-state index in [2.05, 4.69) is 32.7 Å². The van der Waals surface area contributed by atoms with Crippen LogP contribution in [0.25, 0.3) is 0 Å². The van der Waals surface area contributed by atoms with Crippen LogP contribution in [0.2, 0.25) is 22.2 Å². The second-order valence-corrected chi connectivity index (χ2v) is 19.9. The molecule has 3 atom stereocenters. The molecule has 0 saturated carbocycles. The molecular weight excluding hydrogens is 470 g/mol. The van der Waals surface area contributed by atoms with Gasteiger partial charge >= 0.3 is 22.8 Å². The highest BCUT2D eigenvalue weighted by atomic mass is 28.5. The largest absolute Gasteiger partial charge is 0.414 e. The van der Waals surface area contributed by atoms with Gasteiger partial charge in [-0.2, -0.15) is 4.98 Å². The van der Waals surface area contributed by atoms with Crippen molar-refractivity contribution in [2.45, 2.75) is 110 Å². The van der Waals surface area contributed by atoms with Crippen molar-refractivity contribution in [3.63, 3.8) is 0 Å². The van der Waals surface area contributed by atoms with E-state index in [0.29, 0.717) is 0 Å². The molecule has 1 aromatic rings. The normalized spacial score (nSPS) is 23.6. The van der Waals surface area contributed by atoms with E-state index in [4.69, 9.17) is 19.0 Å². The molecule has 1 aromatic heterocycles. The SMILES string of the molecule is CC(C)[Si](O)(O[Si](OC1C(CO)OC(n2ccc(N)nc2=O)C1(C)C)(C(C)C)C(C)C)C(C)C. The quantitative estimate of drug-likeness (QED) is 0.403. The van der Waals surface area contributed by atoms with Crippen LogP contribution < -0.4 is 11.4 Å². The molecule has 0 amide bonds. The Morgan fingerprint density at radius 1 is 1.12 bits per heavy atom. The molecule has 9 nitrogen and oxygen atoms in total. The Morgan fingerprint density at radius 3 is 2.06 bits per heavy atom. The Morgan fingerprint density at radius 2 is 1.65 bits per heavy atom. The van der Waals surface area contributed by atoms with Crippen LogP contribution in [0.5, 0.6) is 0 Å². The minimum Gasteiger partial charge on any atom is -0.414 e. The van der Waals surface area contributed by atoms with E-state index in [1.165, 1.54) is 4.57 Å². The van der Waals surface area contributed by atoms with Gasteiger partial charge in [-0.3, -0.25) is 4.57 Å². The number of nitrogens with zero attached hydrogens (tertiary/aromatic N) is 2. The van der Waals surface area contributed by atoms with Crippen LogP contribution in [-0.2, 0) is 13.3 Å². The summed E-state index contributed by atoms with van der Waals surface area (Å²) in [5.41, 5.74) is 4.45. The molecule has 0 radical (unpaired) electrons. The minimum absolute atomic E-state index is 0.0193. The maximum absolute atomic E-state index is 12.6. The number of aromatic nitrogens is 2. The Hall–Kier alpha value is -1.09. The first kappa shape index (κ1) is 29.1. The van der Waals surface area contributed by atoms with Crippen molar-refractivity contribution < 1.29 is 23.2 Å². The Bertz CT molecular complexity index is 874. The topological polar surface area (TPSA) is 129 Å². The highest BCUT2D eigenvalue weighted by Crippen LogP contribution is 2.50. The average Bonchev–Trinajstić information content (AvgIpc) is 2.96. The zero-order valence-corrected chi connectivity index (χ0v) is 24.4. The first-order valence-corrected chi connectivity index (χ1v) is 16.2. The van der Waals surface area contributed by atoms with Gasteiger partial charge in [0.15, 0.2) is 0 Å². The molecule has 34 heavy (non-hydrogen) atoms. The van der Waals surface area contributed by atoms with Crippen LogP contribution in [0.1, 0.15) is 75.5 Å². The second-order valence-electron chi connectivity index (χ2n) is 11.3. The number of anilines is 1. The molecule has 11 heteroatoms. The summed E-state index contributed by atoms with van der Waals surface area (Å²) < 4.78 is 21.5. The van der Waals surface area contributed by atoms with Gasteiger partial charge in [0.2, 0.25) is 0 Å². The standard InChI is InChI=1S/C23H45N3O6Si2/c1-14(2)33(29,15(3)4)32-34(16(5)6,17(7)8)31-20-18(13-27)30-21(23(20,9)10)26-12-11-19(24)25-22(26)28/h11-12,14-18,20-21,27,29H,13H2,1-10H3,(H2,24,25,28). The number of hydrogen-bond acceptors (Lipinski definition) is 8. The minimum atomic E-state index is -3.16. The Labute approximate surface area is 206 Å². The van der Waals surface area contributed by atoms with Gasteiger partial charge in [-0.05, 0) is 28.2 Å². The third-order valence-electron chi connectivity index (χ3n) is 7.19. The number of nitrogen functional groups attached to an aromatic ring is 1. The second kappa shape index (κ2) is 10.5. The molecule has 1 fully saturated rings. The number of ether oxygens (including phenoxy) is 1. The summed E-state index contributed by atoms with van der Waals surface area (Å²) in [5.74, 6) is 0.134. The van der Waals surface area contributed by atoms with E-state index in [1.807, 2.05) is 41.5 Å². The van der Waals surface area contributed by atoms with Gasteiger partial charge in [0.05, 0.1) is 12.7 Å². The van der Waals surface area contributed by atoms with Gasteiger partial charge in [-0.1, -0.05) is 69.2 Å². The van der Waals surface area contributed by atoms with Crippen LogP contribution in [0.4, 0.5) is 5.82 Å². The first-order valence-electron chi connectivity index (χ1n) is 12.3. The fraction of sp³-hybridized carbons (Fsp3) is 0.826. The molecule has 1 aliphatic heterocycles. The van der Waals surface area contributed by atoms with Crippen LogP contribution in [0, 0.1) is 5.41 Å². The monoisotopic (exact) mass is 515 g/mol. The van der Waals surface area contributed by atoms with Crippen molar-refractivity contribution in [2.24, 2.45) is 5.41 Å². The van der Waals surface area contributed by atoms with Crippen LogP contribution in [-0.4, -0.2) is 55.4 Å². The fourth-order valence-electron chi connectivity index (χ4n) is 4.98. The number of rotatable bonds is 10. The number of hydrogen-bond donors (Lipinski definition) is 3. The van der Waals surface area contributed by atoms with E-state index in [1.54, 1.807) is 12.3 Å².